The maximum atomic E-state index is 7.01. The molecule has 0 radical (unpaired) electrons. The van der Waals surface area contributed by atoms with E-state index in [1.807, 2.05) is 30.7 Å². The van der Waals surface area contributed by atoms with Crippen molar-refractivity contribution >= 4 is 32.8 Å². The minimum atomic E-state index is 0.725. The van der Waals surface area contributed by atoms with Crippen LogP contribution in [0.2, 0.25) is 0 Å². The average molecular weight is 1030 g/mol. The molecule has 0 spiro atoms. The van der Waals surface area contributed by atoms with Crippen molar-refractivity contribution in [3.63, 3.8) is 0 Å². The Balaban J connectivity index is 1.03. The molecule has 0 fully saturated rings. The summed E-state index contributed by atoms with van der Waals surface area (Å²) in [7, 11) is 0. The fourth-order valence-corrected chi connectivity index (χ4v) is 10.3. The summed E-state index contributed by atoms with van der Waals surface area (Å²) in [6, 6.07) is 76.9. The maximum absolute atomic E-state index is 7.01. The topological polar surface area (TPSA) is 49.8 Å². The van der Waals surface area contributed by atoms with Crippen LogP contribution in [0.5, 0.6) is 11.5 Å². The first-order chi connectivity index (χ1) is 32.7. The summed E-state index contributed by atoms with van der Waals surface area (Å²) < 4.78 is 15.0. The van der Waals surface area contributed by atoms with Crippen LogP contribution in [0.3, 0.4) is 0 Å². The average Bonchev–Trinajstić information content (AvgIpc) is 3.87. The number of nitrogens with zero attached hydrogens (tertiary/aromatic N) is 5. The fourth-order valence-electron chi connectivity index (χ4n) is 9.25. The van der Waals surface area contributed by atoms with Crippen LogP contribution in [0.25, 0.3) is 94.5 Å². The fraction of sp³-hybridized carbons (Fsp3) is 0. The van der Waals surface area contributed by atoms with Crippen molar-refractivity contribution in [3.8, 4) is 73.2 Å². The Kier molecular flexibility index (Phi) is 10.00. The first-order valence-corrected chi connectivity index (χ1v) is 23.0. The summed E-state index contributed by atoms with van der Waals surface area (Å²) in [5, 5.41) is 2.28. The molecule has 0 aliphatic heterocycles. The van der Waals surface area contributed by atoms with Gasteiger partial charge in [-0.2, -0.15) is 0 Å². The van der Waals surface area contributed by atoms with Gasteiger partial charge < -0.3 is 0 Å². The van der Waals surface area contributed by atoms with Gasteiger partial charge in [0.25, 0.3) is 0 Å². The second-order valence-corrected chi connectivity index (χ2v) is 17.2. The normalized spacial score (nSPS) is 11.4. The number of para-hydroxylation sites is 4. The minimum absolute atomic E-state index is 0.725. The van der Waals surface area contributed by atoms with Crippen LogP contribution in [0, 0.1) is 3.80 Å². The zero-order valence-electron chi connectivity index (χ0n) is 35.5. The van der Waals surface area contributed by atoms with Crippen molar-refractivity contribution in [2.75, 3.05) is 0 Å². The molecule has 4 aromatic heterocycles. The molecule has 12 rings (SSSR count). The van der Waals surface area contributed by atoms with Gasteiger partial charge in [-0.3, -0.25) is 4.98 Å². The summed E-state index contributed by atoms with van der Waals surface area (Å²) in [5.41, 5.74) is 15.2. The summed E-state index contributed by atoms with van der Waals surface area (Å²) >= 11 is 2.52. The molecule has 6 nitrogen and oxygen atoms in total. The van der Waals surface area contributed by atoms with Gasteiger partial charge in [0.15, 0.2) is 0 Å². The van der Waals surface area contributed by atoms with Crippen molar-refractivity contribution in [1.29, 1.82) is 0 Å². The molecule has 0 unspecified atom stereocenters. The monoisotopic (exact) mass is 1030 g/mol. The molecular formula is C59H39N5OPt. The molecular weight excluding hydrogens is 990 g/mol. The zero-order valence-corrected chi connectivity index (χ0v) is 37.7. The zero-order chi connectivity index (χ0) is 44.0. The molecule has 0 saturated heterocycles. The first kappa shape index (κ1) is 39.4. The van der Waals surface area contributed by atoms with E-state index in [1.54, 1.807) is 0 Å². The Morgan fingerprint density at radius 3 is 1.64 bits per heavy atom. The Hall–Kier alpha value is -8.18. The van der Waals surface area contributed by atoms with Crippen LogP contribution < -0.4 is 4.74 Å². The van der Waals surface area contributed by atoms with E-state index in [-0.39, 0.29) is 0 Å². The number of fused-ring (bicyclic) bond motifs is 4. The second kappa shape index (κ2) is 16.7. The second-order valence-electron chi connectivity index (χ2n) is 16.2. The van der Waals surface area contributed by atoms with Gasteiger partial charge in [0, 0.05) is 24.2 Å². The van der Waals surface area contributed by atoms with E-state index in [9.17, 15) is 0 Å². The molecule has 0 aliphatic carbocycles. The number of pyridine rings is 2. The molecule has 8 aromatic carbocycles. The third-order valence-electron chi connectivity index (χ3n) is 12.3. The third-order valence-corrected chi connectivity index (χ3v) is 13.3. The van der Waals surface area contributed by atoms with E-state index in [1.165, 1.54) is 0 Å². The number of ether oxygens (including phenoxy) is 1. The van der Waals surface area contributed by atoms with E-state index in [2.05, 4.69) is 244 Å². The standard InChI is InChI=1S/C59H39N5O.Pt/c1-4-15-41(16-5-1)46-35-47(62-40-63(56-26-13-12-25-55(56)62)59-50(43-17-6-2-7-18-43)22-14-23-51(59)44-19-8-3-9-20-44)37-49(36-46)65-48-28-29-53-52-21-10-11-24-54(52)64(57(53)38-48)58-30-27-45(39-61-58)42-31-33-60-34-32-42;/h1-39H;. The number of hydrogen-bond acceptors (Lipinski definition) is 3. The molecule has 0 amide bonds. The van der Waals surface area contributed by atoms with Gasteiger partial charge in [0.1, 0.15) is 0 Å². The van der Waals surface area contributed by atoms with E-state index in [0.717, 1.165) is 110 Å². The van der Waals surface area contributed by atoms with E-state index >= 15 is 0 Å². The van der Waals surface area contributed by atoms with Crippen molar-refractivity contribution in [2.24, 2.45) is 0 Å². The third kappa shape index (κ3) is 7.00. The molecule has 316 valence electrons. The van der Waals surface area contributed by atoms with Gasteiger partial charge in [0.05, 0.1) is 0 Å². The summed E-state index contributed by atoms with van der Waals surface area (Å²) in [6.07, 6.45) is 5.55. The Morgan fingerprint density at radius 1 is 0.379 bits per heavy atom. The van der Waals surface area contributed by atoms with Gasteiger partial charge in [-0.15, -0.1) is 0 Å². The predicted octanol–water partition coefficient (Wildman–Crippen LogP) is 14.8. The van der Waals surface area contributed by atoms with Crippen LogP contribution >= 0.6 is 0 Å². The molecule has 0 N–H and O–H groups in total. The van der Waals surface area contributed by atoms with Crippen LogP contribution in [0.4, 0.5) is 0 Å². The van der Waals surface area contributed by atoms with Gasteiger partial charge in [0.2, 0.25) is 0 Å². The molecule has 0 saturated carbocycles. The molecule has 0 atom stereocenters. The molecule has 0 bridgehead atoms. The number of benzene rings is 8. The van der Waals surface area contributed by atoms with Gasteiger partial charge >= 0.3 is 330 Å². The number of aromatic nitrogens is 5. The van der Waals surface area contributed by atoms with Crippen molar-refractivity contribution in [3.05, 3.63) is 241 Å². The van der Waals surface area contributed by atoms with Crippen LogP contribution in [-0.4, -0.2) is 23.7 Å². The van der Waals surface area contributed by atoms with Crippen LogP contribution in [-0.2, 0) is 19.4 Å². The Labute approximate surface area is 392 Å². The molecule has 4 heterocycles. The quantitative estimate of drug-likeness (QED) is 0.145. The van der Waals surface area contributed by atoms with Crippen molar-refractivity contribution in [1.82, 2.24) is 23.7 Å². The SMILES string of the molecule is [Pt]=[c]1n(-c2cc(Oc3ccc4c5ccccc5n(-c5ccc(-c6ccncc6)cn5)c4c3)cc(-c3ccccc3)c2)c2ccccc2n1-c1c(-c2ccccc2)cccc1-c1ccccc1. The van der Waals surface area contributed by atoms with E-state index < -0.39 is 0 Å². The van der Waals surface area contributed by atoms with Crippen LogP contribution in [0.1, 0.15) is 0 Å². The number of rotatable bonds is 9. The number of imidazole rings is 1. The van der Waals surface area contributed by atoms with Gasteiger partial charge in [-0.25, -0.2) is 0 Å². The van der Waals surface area contributed by atoms with E-state index in [4.69, 9.17) is 9.72 Å². The van der Waals surface area contributed by atoms with Gasteiger partial charge in [-0.1, -0.05) is 12.1 Å². The number of hydrogen-bond donors (Lipinski definition) is 0. The summed E-state index contributed by atoms with van der Waals surface area (Å²) in [6.45, 7) is 0. The molecule has 0 aliphatic rings. The Morgan fingerprint density at radius 2 is 0.970 bits per heavy atom. The summed E-state index contributed by atoms with van der Waals surface area (Å²) in [4.78, 5) is 9.19. The Bertz CT molecular complexity index is 3730. The molecule has 66 heavy (non-hydrogen) atoms. The summed E-state index contributed by atoms with van der Waals surface area (Å²) in [5.74, 6) is 2.28. The first-order valence-electron chi connectivity index (χ1n) is 21.9. The molecule has 12 aromatic rings. The molecule has 7 heteroatoms. The van der Waals surface area contributed by atoms with Crippen molar-refractivity contribution < 1.29 is 24.1 Å². The van der Waals surface area contributed by atoms with E-state index in [0.29, 0.717) is 0 Å². The van der Waals surface area contributed by atoms with Crippen LogP contribution in [0.15, 0.2) is 237 Å². The predicted molar refractivity (Wildman–Crippen MR) is 264 cm³/mol. The van der Waals surface area contributed by atoms with Crippen molar-refractivity contribution in [2.45, 2.75) is 0 Å². The van der Waals surface area contributed by atoms with Gasteiger partial charge in [-0.05, 0) is 23.8 Å².